The molecule has 11 heteroatoms. The molecular weight excluding hydrogens is 477 g/mol. The number of hydrogen-bond donors (Lipinski definition) is 1. The summed E-state index contributed by atoms with van der Waals surface area (Å²) in [5.74, 6) is -1.34. The summed E-state index contributed by atoms with van der Waals surface area (Å²) in [5.41, 5.74) is 0.479. The van der Waals surface area contributed by atoms with Gasteiger partial charge in [-0.2, -0.15) is 14.6 Å². The molecule has 0 radical (unpaired) electrons. The van der Waals surface area contributed by atoms with E-state index in [9.17, 15) is 4.79 Å². The van der Waals surface area contributed by atoms with Gasteiger partial charge < -0.3 is 24.4 Å². The molecule has 2 aliphatic heterocycles. The standard InChI is InChI=1S/C24H25ClFN5O4/c1-2-24(5-6-24)35-23(32)31-9-15-11-33-12-16(10-31)20(15)34-22-19(26)21(28-13-29-22)30-18-4-3-14(8-27)7-17(18)25/h3-4,7,13,15-16,20H,2,5-6,9-12H2,1H3,(H,28,29,30). The van der Waals surface area contributed by atoms with Gasteiger partial charge in [-0.25, -0.2) is 9.78 Å². The van der Waals surface area contributed by atoms with Crippen LogP contribution < -0.4 is 10.1 Å². The highest BCUT2D eigenvalue weighted by Crippen LogP contribution is 2.43. The predicted molar refractivity (Wildman–Crippen MR) is 124 cm³/mol. The van der Waals surface area contributed by atoms with Crippen molar-refractivity contribution in [2.24, 2.45) is 11.8 Å². The summed E-state index contributed by atoms with van der Waals surface area (Å²) in [6.45, 7) is 3.61. The Bertz CT molecular complexity index is 1160. The molecule has 2 unspecified atom stereocenters. The van der Waals surface area contributed by atoms with Crippen LogP contribution in [0.5, 0.6) is 5.88 Å². The molecule has 5 rings (SSSR count). The van der Waals surface area contributed by atoms with Gasteiger partial charge in [0.15, 0.2) is 5.82 Å². The molecule has 1 aliphatic carbocycles. The Morgan fingerprint density at radius 1 is 1.34 bits per heavy atom. The van der Waals surface area contributed by atoms with E-state index in [2.05, 4.69) is 15.3 Å². The number of carbonyl (C=O) groups excluding carboxylic acids is 1. The molecule has 9 nitrogen and oxygen atoms in total. The number of likely N-dealkylation sites (tertiary alicyclic amines) is 1. The molecule has 3 heterocycles. The van der Waals surface area contributed by atoms with E-state index in [0.29, 0.717) is 37.6 Å². The lowest BCUT2D eigenvalue weighted by Gasteiger charge is -2.46. The number of amides is 1. The molecule has 2 bridgehead atoms. The van der Waals surface area contributed by atoms with Gasteiger partial charge in [-0.3, -0.25) is 0 Å². The van der Waals surface area contributed by atoms with Crippen molar-refractivity contribution < 1.29 is 23.4 Å². The SMILES string of the molecule is CCC1(OC(=O)N2CC3COCC(C2)C3Oc2ncnc(Nc3ccc(C#N)cc3Cl)c2F)CC1. The second-order valence-corrected chi connectivity index (χ2v) is 9.63. The maximum atomic E-state index is 15.3. The molecule has 184 valence electrons. The summed E-state index contributed by atoms with van der Waals surface area (Å²) in [6.07, 6.45) is 3.15. The zero-order chi connectivity index (χ0) is 24.6. The van der Waals surface area contributed by atoms with Gasteiger partial charge in [-0.05, 0) is 37.5 Å². The number of nitriles is 1. The van der Waals surface area contributed by atoms with E-state index in [4.69, 9.17) is 31.1 Å². The van der Waals surface area contributed by atoms with Gasteiger partial charge in [0.1, 0.15) is 18.0 Å². The second-order valence-electron chi connectivity index (χ2n) is 9.22. The van der Waals surface area contributed by atoms with Crippen molar-refractivity contribution in [2.45, 2.75) is 37.9 Å². The van der Waals surface area contributed by atoms with Crippen molar-refractivity contribution in [3.8, 4) is 11.9 Å². The van der Waals surface area contributed by atoms with Crippen molar-refractivity contribution in [1.82, 2.24) is 14.9 Å². The molecule has 3 fully saturated rings. The smallest absolute Gasteiger partial charge is 0.410 e. The van der Waals surface area contributed by atoms with Crippen LogP contribution in [0.4, 0.5) is 20.7 Å². The third-order valence-electron chi connectivity index (χ3n) is 6.87. The number of ether oxygens (including phenoxy) is 3. The third-order valence-corrected chi connectivity index (χ3v) is 7.19. The molecule has 1 aromatic carbocycles. The lowest BCUT2D eigenvalue weighted by atomic mass is 9.84. The number of hydrogen-bond acceptors (Lipinski definition) is 8. The molecule has 1 amide bonds. The number of benzene rings is 1. The summed E-state index contributed by atoms with van der Waals surface area (Å²) in [6, 6.07) is 6.61. The number of carbonyl (C=O) groups is 1. The normalized spacial score (nSPS) is 24.3. The molecule has 1 N–H and O–H groups in total. The van der Waals surface area contributed by atoms with Crippen LogP contribution in [-0.2, 0) is 9.47 Å². The maximum Gasteiger partial charge on any atom is 0.410 e. The van der Waals surface area contributed by atoms with Gasteiger partial charge in [-0.15, -0.1) is 0 Å². The summed E-state index contributed by atoms with van der Waals surface area (Å²) >= 11 is 6.20. The first kappa shape index (κ1) is 23.6. The largest absolute Gasteiger partial charge is 0.471 e. The molecule has 2 atom stereocenters. The first-order valence-corrected chi connectivity index (χ1v) is 12.0. The van der Waals surface area contributed by atoms with E-state index in [1.54, 1.807) is 17.0 Å². The fourth-order valence-corrected chi connectivity index (χ4v) is 4.85. The lowest BCUT2D eigenvalue weighted by Crippen LogP contribution is -2.59. The number of nitrogens with zero attached hydrogens (tertiary/aromatic N) is 4. The zero-order valence-electron chi connectivity index (χ0n) is 19.2. The van der Waals surface area contributed by atoms with Crippen LogP contribution in [0.3, 0.4) is 0 Å². The number of rotatable bonds is 6. The van der Waals surface area contributed by atoms with Crippen LogP contribution in [0.1, 0.15) is 31.7 Å². The first-order valence-electron chi connectivity index (χ1n) is 11.6. The quantitative estimate of drug-likeness (QED) is 0.624. The fourth-order valence-electron chi connectivity index (χ4n) is 4.62. The second kappa shape index (κ2) is 9.47. The molecule has 2 saturated heterocycles. The Morgan fingerprint density at radius 2 is 2.09 bits per heavy atom. The highest BCUT2D eigenvalue weighted by atomic mass is 35.5. The molecule has 1 saturated carbocycles. The van der Waals surface area contributed by atoms with Crippen LogP contribution in [0.15, 0.2) is 24.5 Å². The van der Waals surface area contributed by atoms with Gasteiger partial charge in [0, 0.05) is 24.9 Å². The van der Waals surface area contributed by atoms with E-state index in [-0.39, 0.29) is 46.4 Å². The summed E-state index contributed by atoms with van der Waals surface area (Å²) < 4.78 is 32.8. The lowest BCUT2D eigenvalue weighted by molar-refractivity contribution is -0.113. The van der Waals surface area contributed by atoms with Crippen molar-refractivity contribution in [1.29, 1.82) is 5.26 Å². The number of aromatic nitrogens is 2. The van der Waals surface area contributed by atoms with Crippen molar-refractivity contribution in [3.05, 3.63) is 40.9 Å². The Morgan fingerprint density at radius 3 is 2.71 bits per heavy atom. The average Bonchev–Trinajstić information content (AvgIpc) is 3.62. The van der Waals surface area contributed by atoms with Crippen LogP contribution in [-0.4, -0.2) is 59.0 Å². The highest BCUT2D eigenvalue weighted by Gasteiger charge is 2.49. The summed E-state index contributed by atoms with van der Waals surface area (Å²) in [5, 5.41) is 12.1. The molecular formula is C24H25ClFN5O4. The fraction of sp³-hybridized carbons (Fsp3) is 0.500. The van der Waals surface area contributed by atoms with Crippen molar-refractivity contribution in [3.63, 3.8) is 0 Å². The maximum absolute atomic E-state index is 15.3. The Kier molecular flexibility index (Phi) is 6.38. The highest BCUT2D eigenvalue weighted by molar-refractivity contribution is 6.33. The Balaban J connectivity index is 1.29. The number of piperidine rings is 1. The molecule has 0 spiro atoms. The van der Waals surface area contributed by atoms with Gasteiger partial charge >= 0.3 is 6.09 Å². The number of halogens is 2. The Hall–Kier alpha value is -3.16. The van der Waals surface area contributed by atoms with Crippen LogP contribution in [0.2, 0.25) is 5.02 Å². The van der Waals surface area contributed by atoms with Crippen molar-refractivity contribution >= 4 is 29.2 Å². The first-order chi connectivity index (χ1) is 16.9. The van der Waals surface area contributed by atoms with E-state index < -0.39 is 5.82 Å². The number of fused-ring (bicyclic) bond motifs is 2. The van der Waals surface area contributed by atoms with Gasteiger partial charge in [0.05, 0.1) is 35.6 Å². The number of nitrogens with one attached hydrogen (secondary N) is 1. The van der Waals surface area contributed by atoms with Gasteiger partial charge in [0.25, 0.3) is 5.88 Å². The monoisotopic (exact) mass is 501 g/mol. The molecule has 35 heavy (non-hydrogen) atoms. The van der Waals surface area contributed by atoms with Gasteiger partial charge in [0.2, 0.25) is 5.82 Å². The van der Waals surface area contributed by atoms with E-state index in [0.717, 1.165) is 19.3 Å². The zero-order valence-corrected chi connectivity index (χ0v) is 19.9. The van der Waals surface area contributed by atoms with Crippen LogP contribution in [0, 0.1) is 29.0 Å². The molecule has 2 aromatic rings. The minimum atomic E-state index is -0.757. The van der Waals surface area contributed by atoms with Crippen LogP contribution in [0.25, 0.3) is 0 Å². The van der Waals surface area contributed by atoms with E-state index in [1.807, 2.05) is 13.0 Å². The average molecular weight is 502 g/mol. The topological polar surface area (TPSA) is 110 Å². The minimum Gasteiger partial charge on any atom is -0.471 e. The van der Waals surface area contributed by atoms with Crippen molar-refractivity contribution in [2.75, 3.05) is 31.6 Å². The van der Waals surface area contributed by atoms with E-state index >= 15 is 4.39 Å². The number of anilines is 2. The molecule has 3 aliphatic rings. The van der Waals surface area contributed by atoms with Crippen LogP contribution >= 0.6 is 11.6 Å². The molecule has 1 aromatic heterocycles. The van der Waals surface area contributed by atoms with Gasteiger partial charge in [-0.1, -0.05) is 18.5 Å². The minimum absolute atomic E-state index is 0.0988. The summed E-state index contributed by atoms with van der Waals surface area (Å²) in [4.78, 5) is 22.4. The predicted octanol–water partition coefficient (Wildman–Crippen LogP) is 4.29. The third kappa shape index (κ3) is 4.83. The summed E-state index contributed by atoms with van der Waals surface area (Å²) in [7, 11) is 0. The van der Waals surface area contributed by atoms with E-state index in [1.165, 1.54) is 12.4 Å². The Labute approximate surface area is 207 Å².